The summed E-state index contributed by atoms with van der Waals surface area (Å²) in [6.07, 6.45) is -0.511. The predicted molar refractivity (Wildman–Crippen MR) is 72.8 cm³/mol. The van der Waals surface area contributed by atoms with E-state index in [9.17, 15) is 4.79 Å². The zero-order valence-corrected chi connectivity index (χ0v) is 12.0. The molecule has 18 heavy (non-hydrogen) atoms. The Morgan fingerprint density at radius 2 is 2.00 bits per heavy atom. The van der Waals surface area contributed by atoms with Crippen molar-refractivity contribution in [1.29, 1.82) is 0 Å². The van der Waals surface area contributed by atoms with Gasteiger partial charge in [-0.05, 0) is 37.1 Å². The van der Waals surface area contributed by atoms with Crippen molar-refractivity contribution in [3.63, 3.8) is 0 Å². The number of rotatable bonds is 2. The second-order valence-corrected chi connectivity index (χ2v) is 5.14. The van der Waals surface area contributed by atoms with E-state index in [1.54, 1.807) is 0 Å². The molecule has 2 rings (SSSR count). The van der Waals surface area contributed by atoms with E-state index in [0.717, 1.165) is 21.3 Å². The van der Waals surface area contributed by atoms with Crippen molar-refractivity contribution in [3.8, 4) is 0 Å². The van der Waals surface area contributed by atoms with Crippen LogP contribution in [0.4, 0.5) is 5.69 Å². The minimum absolute atomic E-state index is 0.157. The standard InChI is InChI=1S/C13H16BrNO3/c1-8-5-10(6-9(2)12(8)14)15-13(16)11-7-17-3-4-18-11/h5-6,11H,3-4,7H2,1-2H3,(H,15,16)/t11-/m0/s1. The molecular formula is C13H16BrNO3. The van der Waals surface area contributed by atoms with Crippen molar-refractivity contribution in [2.45, 2.75) is 20.0 Å². The molecule has 0 aromatic heterocycles. The predicted octanol–water partition coefficient (Wildman–Crippen LogP) is 2.42. The second-order valence-electron chi connectivity index (χ2n) is 4.35. The molecule has 1 saturated heterocycles. The maximum absolute atomic E-state index is 11.9. The van der Waals surface area contributed by atoms with Gasteiger partial charge in [0.05, 0.1) is 19.8 Å². The first-order valence-electron chi connectivity index (χ1n) is 5.85. The molecule has 0 radical (unpaired) electrons. The summed E-state index contributed by atoms with van der Waals surface area (Å²) in [6.45, 7) is 5.33. The van der Waals surface area contributed by atoms with E-state index in [1.807, 2.05) is 26.0 Å². The summed E-state index contributed by atoms with van der Waals surface area (Å²) in [5.41, 5.74) is 2.96. The molecule has 1 aliphatic heterocycles. The molecule has 1 amide bonds. The average molecular weight is 314 g/mol. The fourth-order valence-electron chi connectivity index (χ4n) is 1.88. The van der Waals surface area contributed by atoms with Gasteiger partial charge in [-0.25, -0.2) is 0 Å². The summed E-state index contributed by atoms with van der Waals surface area (Å²) in [5, 5.41) is 2.86. The van der Waals surface area contributed by atoms with Crippen molar-refractivity contribution in [2.24, 2.45) is 0 Å². The smallest absolute Gasteiger partial charge is 0.255 e. The van der Waals surface area contributed by atoms with Crippen LogP contribution in [-0.4, -0.2) is 31.8 Å². The first kappa shape index (κ1) is 13.5. The maximum Gasteiger partial charge on any atom is 0.255 e. The number of hydrogen-bond donors (Lipinski definition) is 1. The Balaban J connectivity index is 2.06. The Morgan fingerprint density at radius 1 is 1.33 bits per heavy atom. The SMILES string of the molecule is Cc1cc(NC(=O)[C@@H]2COCCO2)cc(C)c1Br. The molecule has 98 valence electrons. The molecule has 0 bridgehead atoms. The summed E-state index contributed by atoms with van der Waals surface area (Å²) in [5.74, 6) is -0.157. The third-order valence-electron chi connectivity index (χ3n) is 2.81. The number of halogens is 1. The van der Waals surface area contributed by atoms with Gasteiger partial charge in [0.2, 0.25) is 0 Å². The molecule has 0 aliphatic carbocycles. The lowest BCUT2D eigenvalue weighted by Crippen LogP contribution is -2.39. The van der Waals surface area contributed by atoms with Gasteiger partial charge in [0.25, 0.3) is 5.91 Å². The highest BCUT2D eigenvalue weighted by Gasteiger charge is 2.22. The number of anilines is 1. The van der Waals surface area contributed by atoms with Gasteiger partial charge >= 0.3 is 0 Å². The van der Waals surface area contributed by atoms with Crippen LogP contribution in [0.2, 0.25) is 0 Å². The lowest BCUT2D eigenvalue weighted by atomic mass is 10.1. The van der Waals surface area contributed by atoms with Gasteiger partial charge in [0, 0.05) is 10.2 Å². The highest BCUT2D eigenvalue weighted by atomic mass is 79.9. The molecule has 0 saturated carbocycles. The molecule has 1 aromatic rings. The van der Waals surface area contributed by atoms with Crippen LogP contribution in [0.5, 0.6) is 0 Å². The zero-order chi connectivity index (χ0) is 13.1. The van der Waals surface area contributed by atoms with Crippen molar-refractivity contribution >= 4 is 27.5 Å². The van der Waals surface area contributed by atoms with Gasteiger partial charge in [-0.15, -0.1) is 0 Å². The minimum atomic E-state index is -0.511. The lowest BCUT2D eigenvalue weighted by Gasteiger charge is -2.22. The van der Waals surface area contributed by atoms with Gasteiger partial charge in [0.1, 0.15) is 0 Å². The lowest BCUT2D eigenvalue weighted by molar-refractivity contribution is -0.142. The summed E-state index contributed by atoms with van der Waals surface area (Å²) in [4.78, 5) is 11.9. The summed E-state index contributed by atoms with van der Waals surface area (Å²) >= 11 is 3.50. The first-order chi connectivity index (χ1) is 8.58. The van der Waals surface area contributed by atoms with E-state index in [0.29, 0.717) is 19.8 Å². The molecule has 1 aliphatic rings. The van der Waals surface area contributed by atoms with Crippen LogP contribution in [0.25, 0.3) is 0 Å². The van der Waals surface area contributed by atoms with Gasteiger partial charge in [-0.2, -0.15) is 0 Å². The molecule has 0 unspecified atom stereocenters. The molecule has 1 aromatic carbocycles. The Bertz CT molecular complexity index is 433. The molecule has 1 atom stereocenters. The Labute approximate surface area is 115 Å². The molecule has 0 spiro atoms. The van der Waals surface area contributed by atoms with Gasteiger partial charge in [-0.1, -0.05) is 15.9 Å². The first-order valence-corrected chi connectivity index (χ1v) is 6.64. The van der Waals surface area contributed by atoms with Crippen molar-refractivity contribution in [2.75, 3.05) is 25.1 Å². The van der Waals surface area contributed by atoms with Gasteiger partial charge in [0.15, 0.2) is 6.10 Å². The highest BCUT2D eigenvalue weighted by Crippen LogP contribution is 2.25. The van der Waals surface area contributed by atoms with Crippen LogP contribution in [0.15, 0.2) is 16.6 Å². The van der Waals surface area contributed by atoms with Crippen molar-refractivity contribution in [3.05, 3.63) is 27.7 Å². The zero-order valence-electron chi connectivity index (χ0n) is 10.5. The van der Waals surface area contributed by atoms with Gasteiger partial charge < -0.3 is 14.8 Å². The van der Waals surface area contributed by atoms with Crippen LogP contribution in [0.3, 0.4) is 0 Å². The number of hydrogen-bond acceptors (Lipinski definition) is 3. The third-order valence-corrected chi connectivity index (χ3v) is 4.06. The van der Waals surface area contributed by atoms with Crippen LogP contribution in [0, 0.1) is 13.8 Å². The normalized spacial score (nSPS) is 19.6. The number of aryl methyl sites for hydroxylation is 2. The highest BCUT2D eigenvalue weighted by molar-refractivity contribution is 9.10. The largest absolute Gasteiger partial charge is 0.376 e. The third kappa shape index (κ3) is 3.10. The Morgan fingerprint density at radius 3 is 2.56 bits per heavy atom. The summed E-state index contributed by atoms with van der Waals surface area (Å²) in [6, 6.07) is 3.86. The topological polar surface area (TPSA) is 47.6 Å². The summed E-state index contributed by atoms with van der Waals surface area (Å²) in [7, 11) is 0. The number of carbonyl (C=O) groups excluding carboxylic acids is 1. The van der Waals surface area contributed by atoms with E-state index >= 15 is 0 Å². The van der Waals surface area contributed by atoms with E-state index in [1.165, 1.54) is 0 Å². The number of amides is 1. The minimum Gasteiger partial charge on any atom is -0.376 e. The number of nitrogens with one attached hydrogen (secondary N) is 1. The molecule has 1 heterocycles. The quantitative estimate of drug-likeness (QED) is 0.912. The molecule has 5 heteroatoms. The van der Waals surface area contributed by atoms with E-state index in [-0.39, 0.29) is 5.91 Å². The fraction of sp³-hybridized carbons (Fsp3) is 0.462. The van der Waals surface area contributed by atoms with Gasteiger partial charge in [-0.3, -0.25) is 4.79 Å². The molecule has 1 N–H and O–H groups in total. The van der Waals surface area contributed by atoms with Crippen molar-refractivity contribution < 1.29 is 14.3 Å². The number of ether oxygens (including phenoxy) is 2. The van der Waals surface area contributed by atoms with Crippen LogP contribution >= 0.6 is 15.9 Å². The van der Waals surface area contributed by atoms with Crippen LogP contribution in [0.1, 0.15) is 11.1 Å². The average Bonchev–Trinajstić information content (AvgIpc) is 2.37. The van der Waals surface area contributed by atoms with E-state index in [2.05, 4.69) is 21.2 Å². The number of benzene rings is 1. The fourth-order valence-corrected chi connectivity index (χ4v) is 2.11. The molecule has 1 fully saturated rings. The number of carbonyl (C=O) groups is 1. The van der Waals surface area contributed by atoms with Crippen LogP contribution < -0.4 is 5.32 Å². The summed E-state index contributed by atoms with van der Waals surface area (Å²) < 4.78 is 11.6. The maximum atomic E-state index is 11.9. The Kier molecular flexibility index (Phi) is 4.37. The van der Waals surface area contributed by atoms with E-state index in [4.69, 9.17) is 9.47 Å². The molecule has 4 nitrogen and oxygen atoms in total. The van der Waals surface area contributed by atoms with Crippen LogP contribution in [-0.2, 0) is 14.3 Å². The molecular weight excluding hydrogens is 298 g/mol. The van der Waals surface area contributed by atoms with Crippen molar-refractivity contribution in [1.82, 2.24) is 0 Å². The Hall–Kier alpha value is -0.910. The monoisotopic (exact) mass is 313 g/mol. The second kappa shape index (κ2) is 5.82. The van der Waals surface area contributed by atoms with E-state index < -0.39 is 6.10 Å².